The van der Waals surface area contributed by atoms with E-state index in [4.69, 9.17) is 5.11 Å². The Morgan fingerprint density at radius 2 is 0.902 bits per heavy atom. The first-order valence-corrected chi connectivity index (χ1v) is 19.6. The predicted octanol–water partition coefficient (Wildman–Crippen LogP) is -0.903. The van der Waals surface area contributed by atoms with Gasteiger partial charge in [-0.15, -0.1) is 0 Å². The second-order valence-corrected chi connectivity index (χ2v) is 14.1. The maximum atomic E-state index is 13.8. The molecule has 3 heterocycles. The van der Waals surface area contributed by atoms with Crippen LogP contribution in [0.2, 0.25) is 0 Å². The van der Waals surface area contributed by atoms with Gasteiger partial charge in [-0.05, 0) is 50.7 Å². The number of hydrogen-bond donors (Lipinski definition) is 9. The van der Waals surface area contributed by atoms with Crippen molar-refractivity contribution in [1.29, 1.82) is 0 Å². The zero-order valence-corrected chi connectivity index (χ0v) is 33.4. The lowest BCUT2D eigenvalue weighted by Crippen LogP contribution is -2.50. The molecule has 61 heavy (non-hydrogen) atoms. The van der Waals surface area contributed by atoms with Gasteiger partial charge in [-0.25, -0.2) is 0 Å². The van der Waals surface area contributed by atoms with E-state index in [2.05, 4.69) is 21.3 Å². The Morgan fingerprint density at radius 1 is 0.541 bits per heavy atom. The topological polar surface area (TPSA) is 306 Å². The van der Waals surface area contributed by atoms with Crippen LogP contribution < -0.4 is 37.6 Å². The highest BCUT2D eigenvalue weighted by molar-refractivity contribution is 5.96. The monoisotopic (exact) mass is 850 g/mol. The summed E-state index contributed by atoms with van der Waals surface area (Å²) < 4.78 is 3.76. The molecule has 11 N–H and O–H groups in total. The third kappa shape index (κ3) is 12.4. The van der Waals surface area contributed by atoms with Gasteiger partial charge in [-0.3, -0.25) is 33.6 Å². The summed E-state index contributed by atoms with van der Waals surface area (Å²) in [4.78, 5) is 90.0. The van der Waals surface area contributed by atoms with Gasteiger partial charge in [-0.1, -0.05) is 18.2 Å². The second kappa shape index (κ2) is 22.6. The number of nitrogens with one attached hydrogen (secondary N) is 4. The number of aromatic hydroxyl groups is 3. The average molecular weight is 851 g/mol. The van der Waals surface area contributed by atoms with Crippen molar-refractivity contribution >= 4 is 23.6 Å². The number of pyridine rings is 3. The van der Waals surface area contributed by atoms with E-state index < -0.39 is 62.7 Å². The van der Waals surface area contributed by atoms with Crippen molar-refractivity contribution in [2.75, 3.05) is 39.5 Å². The molecule has 0 aliphatic carbocycles. The Morgan fingerprint density at radius 3 is 1.25 bits per heavy atom. The lowest BCUT2D eigenvalue weighted by atomic mass is 9.83. The molecule has 0 bridgehead atoms. The van der Waals surface area contributed by atoms with E-state index in [0.717, 1.165) is 18.2 Å². The van der Waals surface area contributed by atoms with Gasteiger partial charge in [0.1, 0.15) is 0 Å². The number of aromatic nitrogens is 3. The van der Waals surface area contributed by atoms with Crippen LogP contribution in [-0.2, 0) is 19.6 Å². The van der Waals surface area contributed by atoms with Crippen LogP contribution in [0.1, 0.15) is 80.3 Å². The number of aliphatic hydroxyl groups excluding tert-OH is 2. The van der Waals surface area contributed by atoms with E-state index in [1.807, 2.05) is 0 Å². The van der Waals surface area contributed by atoms with Gasteiger partial charge >= 0.3 is 0 Å². The van der Waals surface area contributed by atoms with E-state index in [1.54, 1.807) is 30.3 Å². The maximum Gasteiger partial charge on any atom is 0.271 e. The zero-order chi connectivity index (χ0) is 44.5. The summed E-state index contributed by atoms with van der Waals surface area (Å²) in [6, 6.07) is 11.5. The smallest absolute Gasteiger partial charge is 0.271 e. The standard InChI is InChI=1S/C41H51N7O13/c49-24-21-46-18-9-28(52)34(55)31(46)38(59)42-15-4-12-41(45-37(58)27-7-2-1-3-8-27,13-5-16-43-39(60)32-35(56)29(53)10-19-47(32)22-25-50)14-6-17-44-40(61)33-36(57)30(54)11-20-48(33)23-26-51/h1-3,7-11,18-20,49-51,55-57H,4-6,12-17,21-26H2,(H,42,59)(H,43,60)(H,44,61)(H,45,58)/p+1. The molecule has 0 atom stereocenters. The van der Waals surface area contributed by atoms with Crippen molar-refractivity contribution in [2.24, 2.45) is 0 Å². The van der Waals surface area contributed by atoms with Crippen molar-refractivity contribution in [1.82, 2.24) is 35.0 Å². The number of nitrogens with zero attached hydrogens (tertiary/aromatic N) is 3. The van der Waals surface area contributed by atoms with Crippen LogP contribution in [0.25, 0.3) is 0 Å². The van der Waals surface area contributed by atoms with Crippen molar-refractivity contribution < 1.29 is 49.8 Å². The van der Waals surface area contributed by atoms with Crippen molar-refractivity contribution in [2.45, 2.75) is 63.7 Å². The van der Waals surface area contributed by atoms with Crippen LogP contribution >= 0.6 is 0 Å². The highest BCUT2D eigenvalue weighted by Crippen LogP contribution is 2.27. The predicted molar refractivity (Wildman–Crippen MR) is 221 cm³/mol. The van der Waals surface area contributed by atoms with Gasteiger partial charge in [0.05, 0.1) is 19.8 Å². The average Bonchev–Trinajstić information content (AvgIpc) is 3.24. The lowest BCUT2D eigenvalue weighted by molar-refractivity contribution is 0.0856. The molecule has 0 saturated heterocycles. The number of benzene rings is 1. The highest BCUT2D eigenvalue weighted by Gasteiger charge is 2.32. The van der Waals surface area contributed by atoms with Crippen LogP contribution in [0.4, 0.5) is 0 Å². The van der Waals surface area contributed by atoms with Crippen LogP contribution in [0.15, 0.2) is 81.5 Å². The quantitative estimate of drug-likeness (QED) is 0.0324. The molecule has 20 nitrogen and oxygen atoms in total. The summed E-state index contributed by atoms with van der Waals surface area (Å²) in [5.74, 6) is -5.14. The van der Waals surface area contributed by atoms with E-state index in [0.29, 0.717) is 5.56 Å². The summed E-state index contributed by atoms with van der Waals surface area (Å²) in [7, 11) is 0. The fourth-order valence-electron chi connectivity index (χ4n) is 6.90. The molecular weight excluding hydrogens is 798 g/mol. The lowest BCUT2D eigenvalue weighted by Gasteiger charge is -2.36. The molecule has 3 aromatic heterocycles. The molecule has 328 valence electrons. The zero-order valence-electron chi connectivity index (χ0n) is 33.4. The fraction of sp³-hybridized carbons (Fsp3) is 0.390. The SMILES string of the molecule is O=C(NC(CCCNC(=O)c1c(O)c(=O)ccn1CCO)(CCCNC(=O)c1c(O)c(=O)ccn1CCO)CCCNC(=O)c1c(O)c(=O)ccn1CC[OH2+])c1ccccc1. The maximum absolute atomic E-state index is 13.8. The molecule has 0 spiro atoms. The number of rotatable bonds is 23. The highest BCUT2D eigenvalue weighted by atomic mass is 16.3. The van der Waals surface area contributed by atoms with E-state index >= 15 is 0 Å². The van der Waals surface area contributed by atoms with Gasteiger partial charge in [-0.2, -0.15) is 0 Å². The minimum absolute atomic E-state index is 0.00397. The molecule has 0 saturated carbocycles. The Kier molecular flexibility index (Phi) is 17.3. The van der Waals surface area contributed by atoms with Crippen LogP contribution in [0.3, 0.4) is 0 Å². The number of carbonyl (C=O) groups excluding carboxylic acids is 4. The molecule has 0 unspecified atom stereocenters. The molecule has 0 radical (unpaired) electrons. The van der Waals surface area contributed by atoms with E-state index in [-0.39, 0.29) is 115 Å². The van der Waals surface area contributed by atoms with Crippen molar-refractivity contribution in [3.63, 3.8) is 0 Å². The van der Waals surface area contributed by atoms with Gasteiger partial charge in [0.15, 0.2) is 40.9 Å². The fourth-order valence-corrected chi connectivity index (χ4v) is 6.90. The third-order valence-electron chi connectivity index (χ3n) is 9.90. The first-order chi connectivity index (χ1) is 29.3. The summed E-state index contributed by atoms with van der Waals surface area (Å²) >= 11 is 0. The molecule has 4 rings (SSSR count). The first-order valence-electron chi connectivity index (χ1n) is 19.6. The largest absolute Gasteiger partial charge is 0.503 e. The Labute approximate surface area is 348 Å². The summed E-state index contributed by atoms with van der Waals surface area (Å²) in [6.07, 6.45) is 5.14. The second-order valence-electron chi connectivity index (χ2n) is 14.1. The van der Waals surface area contributed by atoms with Crippen LogP contribution in [-0.4, -0.2) is 113 Å². The number of carbonyl (C=O) groups is 4. The van der Waals surface area contributed by atoms with E-state index in [9.17, 15) is 59.1 Å². The van der Waals surface area contributed by atoms with Gasteiger partial charge in [0.2, 0.25) is 16.3 Å². The molecule has 4 aromatic rings. The minimum Gasteiger partial charge on any atom is -0.503 e. The summed E-state index contributed by atoms with van der Waals surface area (Å²) in [6.45, 7) is -1.01. The van der Waals surface area contributed by atoms with Crippen LogP contribution in [0.5, 0.6) is 17.2 Å². The number of hydrogen-bond acceptors (Lipinski definition) is 12. The number of aliphatic hydroxyl groups is 2. The normalized spacial score (nSPS) is 11.2. The van der Waals surface area contributed by atoms with E-state index in [1.165, 1.54) is 32.3 Å². The van der Waals surface area contributed by atoms with Crippen molar-refractivity contribution in [3.05, 3.63) is 120 Å². The Balaban J connectivity index is 1.58. The van der Waals surface area contributed by atoms with Gasteiger partial charge in [0.25, 0.3) is 23.6 Å². The molecule has 1 aromatic carbocycles. The molecule has 0 aliphatic heterocycles. The van der Waals surface area contributed by atoms with Gasteiger partial charge < -0.3 is 65.6 Å². The van der Waals surface area contributed by atoms with Crippen molar-refractivity contribution in [3.8, 4) is 17.2 Å². The molecular formula is C41H52N7O13+. The molecule has 4 amide bonds. The molecule has 0 fully saturated rings. The van der Waals surface area contributed by atoms with Crippen LogP contribution in [0, 0.1) is 0 Å². The summed E-state index contributed by atoms with van der Waals surface area (Å²) in [5, 5.41) is 68.9. The molecule has 20 heteroatoms. The first kappa shape index (κ1) is 46.9. The van der Waals surface area contributed by atoms with Gasteiger partial charge in [0, 0.05) is 80.6 Å². The Bertz CT molecular complexity index is 2130. The summed E-state index contributed by atoms with van der Waals surface area (Å²) in [5.41, 5.74) is -4.10. The third-order valence-corrected chi connectivity index (χ3v) is 9.90. The minimum atomic E-state index is -1.09. The Hall–Kier alpha value is -6.77. The number of amides is 4. The molecule has 0 aliphatic rings.